The Morgan fingerprint density at radius 1 is 1.61 bits per heavy atom. The molecule has 6 heteroatoms. The van der Waals surface area contributed by atoms with Crippen molar-refractivity contribution in [1.82, 2.24) is 4.98 Å². The van der Waals surface area contributed by atoms with Gasteiger partial charge in [-0.2, -0.15) is 0 Å². The Balaban J connectivity index is 1.97. The molecule has 3 N–H and O–H groups in total. The number of nitrogens with one attached hydrogen (secondary N) is 1. The lowest BCUT2D eigenvalue weighted by molar-refractivity contribution is -0.126. The molecule has 2 rings (SSSR count). The Labute approximate surface area is 114 Å². The van der Waals surface area contributed by atoms with Gasteiger partial charge in [0.25, 0.3) is 5.91 Å². The molecule has 0 radical (unpaired) electrons. The van der Waals surface area contributed by atoms with Gasteiger partial charge in [-0.25, -0.2) is 4.98 Å². The molecule has 18 heavy (non-hydrogen) atoms. The SMILES string of the molecule is Cc1nc(NC(=O)C2CCC(CN)O2)ccc1Br. The summed E-state index contributed by atoms with van der Waals surface area (Å²) in [7, 11) is 0. The average molecular weight is 314 g/mol. The van der Waals surface area contributed by atoms with Gasteiger partial charge in [-0.1, -0.05) is 0 Å². The first-order valence-corrected chi connectivity index (χ1v) is 6.69. The van der Waals surface area contributed by atoms with Crippen molar-refractivity contribution in [3.8, 4) is 0 Å². The zero-order chi connectivity index (χ0) is 13.1. The van der Waals surface area contributed by atoms with Gasteiger partial charge in [0, 0.05) is 11.0 Å². The van der Waals surface area contributed by atoms with Gasteiger partial charge < -0.3 is 15.8 Å². The fraction of sp³-hybridized carbons (Fsp3) is 0.500. The van der Waals surface area contributed by atoms with Crippen LogP contribution in [0.4, 0.5) is 5.82 Å². The van der Waals surface area contributed by atoms with Gasteiger partial charge in [-0.05, 0) is 47.8 Å². The molecule has 2 heterocycles. The molecule has 1 aliphatic rings. The van der Waals surface area contributed by atoms with Gasteiger partial charge in [-0.15, -0.1) is 0 Å². The standard InChI is InChI=1S/C12H16BrN3O2/c1-7-9(13)3-5-11(15-7)16-12(17)10-4-2-8(6-14)18-10/h3,5,8,10H,2,4,6,14H2,1H3,(H,15,16,17). The number of aryl methyl sites for hydroxylation is 1. The van der Waals surface area contributed by atoms with E-state index in [9.17, 15) is 4.79 Å². The summed E-state index contributed by atoms with van der Waals surface area (Å²) in [6.07, 6.45) is 1.13. The van der Waals surface area contributed by atoms with E-state index in [4.69, 9.17) is 10.5 Å². The fourth-order valence-electron chi connectivity index (χ4n) is 1.89. The van der Waals surface area contributed by atoms with Gasteiger partial charge in [0.05, 0.1) is 11.8 Å². The average Bonchev–Trinajstić information content (AvgIpc) is 2.82. The highest BCUT2D eigenvalue weighted by Gasteiger charge is 2.29. The minimum Gasteiger partial charge on any atom is -0.364 e. The van der Waals surface area contributed by atoms with Crippen LogP contribution in [0.25, 0.3) is 0 Å². The Bertz CT molecular complexity index is 453. The van der Waals surface area contributed by atoms with E-state index < -0.39 is 6.10 Å². The third-order valence-electron chi connectivity index (χ3n) is 2.94. The Morgan fingerprint density at radius 3 is 3.00 bits per heavy atom. The van der Waals surface area contributed by atoms with Crippen LogP contribution in [0.2, 0.25) is 0 Å². The lowest BCUT2D eigenvalue weighted by Gasteiger charge is -2.12. The Morgan fingerprint density at radius 2 is 2.39 bits per heavy atom. The predicted octanol–water partition coefficient (Wildman–Crippen LogP) is 1.60. The highest BCUT2D eigenvalue weighted by molar-refractivity contribution is 9.10. The van der Waals surface area contributed by atoms with E-state index in [2.05, 4.69) is 26.2 Å². The summed E-state index contributed by atoms with van der Waals surface area (Å²) in [5, 5.41) is 2.76. The first-order chi connectivity index (χ1) is 8.60. The van der Waals surface area contributed by atoms with Crippen molar-refractivity contribution in [2.75, 3.05) is 11.9 Å². The number of carbonyl (C=O) groups excluding carboxylic acids is 1. The summed E-state index contributed by atoms with van der Waals surface area (Å²) in [6, 6.07) is 3.61. The first kappa shape index (κ1) is 13.5. The Kier molecular flexibility index (Phi) is 4.31. The largest absolute Gasteiger partial charge is 0.364 e. The molecular formula is C12H16BrN3O2. The summed E-state index contributed by atoms with van der Waals surface area (Å²) in [5.41, 5.74) is 6.34. The van der Waals surface area contributed by atoms with Crippen LogP contribution in [0.15, 0.2) is 16.6 Å². The van der Waals surface area contributed by atoms with Gasteiger partial charge in [-0.3, -0.25) is 4.79 Å². The van der Waals surface area contributed by atoms with E-state index in [0.717, 1.165) is 16.6 Å². The number of nitrogens with two attached hydrogens (primary N) is 1. The summed E-state index contributed by atoms with van der Waals surface area (Å²) in [5.74, 6) is 0.390. The van der Waals surface area contributed by atoms with Crippen LogP contribution < -0.4 is 11.1 Å². The smallest absolute Gasteiger partial charge is 0.254 e. The normalized spacial score (nSPS) is 23.1. The molecule has 5 nitrogen and oxygen atoms in total. The molecule has 1 aromatic rings. The molecule has 0 aromatic carbocycles. The number of amides is 1. The predicted molar refractivity (Wildman–Crippen MR) is 72.3 cm³/mol. The molecule has 98 valence electrons. The third-order valence-corrected chi connectivity index (χ3v) is 3.77. The molecule has 1 saturated heterocycles. The molecule has 0 saturated carbocycles. The monoisotopic (exact) mass is 313 g/mol. The highest BCUT2D eigenvalue weighted by Crippen LogP contribution is 2.21. The van der Waals surface area contributed by atoms with Crippen LogP contribution in [0.3, 0.4) is 0 Å². The molecule has 0 aliphatic carbocycles. The molecule has 1 aliphatic heterocycles. The number of aromatic nitrogens is 1. The van der Waals surface area contributed by atoms with E-state index >= 15 is 0 Å². The van der Waals surface area contributed by atoms with Crippen molar-refractivity contribution >= 4 is 27.7 Å². The summed E-state index contributed by atoms with van der Waals surface area (Å²) >= 11 is 3.37. The van der Waals surface area contributed by atoms with Crippen molar-refractivity contribution in [2.24, 2.45) is 5.73 Å². The summed E-state index contributed by atoms with van der Waals surface area (Å²) in [4.78, 5) is 16.2. The first-order valence-electron chi connectivity index (χ1n) is 5.89. The van der Waals surface area contributed by atoms with Crippen LogP contribution in [-0.4, -0.2) is 29.6 Å². The second-order valence-electron chi connectivity index (χ2n) is 4.31. The van der Waals surface area contributed by atoms with Crippen LogP contribution in [0.1, 0.15) is 18.5 Å². The molecule has 2 unspecified atom stereocenters. The van der Waals surface area contributed by atoms with Crippen molar-refractivity contribution in [3.63, 3.8) is 0 Å². The number of ether oxygens (including phenoxy) is 1. The van der Waals surface area contributed by atoms with E-state index in [1.807, 2.05) is 13.0 Å². The fourth-order valence-corrected chi connectivity index (χ4v) is 2.11. The van der Waals surface area contributed by atoms with Gasteiger partial charge in [0.1, 0.15) is 11.9 Å². The summed E-state index contributed by atoms with van der Waals surface area (Å²) in [6.45, 7) is 2.33. The number of halogens is 1. The number of nitrogens with zero attached hydrogens (tertiary/aromatic N) is 1. The highest BCUT2D eigenvalue weighted by atomic mass is 79.9. The zero-order valence-electron chi connectivity index (χ0n) is 10.1. The Hall–Kier alpha value is -0.980. The second-order valence-corrected chi connectivity index (χ2v) is 5.17. The molecule has 2 atom stereocenters. The minimum atomic E-state index is -0.413. The molecule has 0 bridgehead atoms. The lowest BCUT2D eigenvalue weighted by Crippen LogP contribution is -2.30. The van der Waals surface area contributed by atoms with Gasteiger partial charge >= 0.3 is 0 Å². The van der Waals surface area contributed by atoms with E-state index in [-0.39, 0.29) is 12.0 Å². The number of rotatable bonds is 3. The number of hydrogen-bond donors (Lipinski definition) is 2. The molecule has 1 amide bonds. The van der Waals surface area contributed by atoms with E-state index in [0.29, 0.717) is 18.8 Å². The van der Waals surface area contributed by atoms with Crippen LogP contribution >= 0.6 is 15.9 Å². The van der Waals surface area contributed by atoms with Crippen molar-refractivity contribution in [2.45, 2.75) is 32.0 Å². The number of anilines is 1. The maximum Gasteiger partial charge on any atom is 0.254 e. The molecule has 1 fully saturated rings. The third kappa shape index (κ3) is 3.07. The van der Waals surface area contributed by atoms with Crippen LogP contribution in [0.5, 0.6) is 0 Å². The second kappa shape index (κ2) is 5.77. The maximum atomic E-state index is 11.9. The van der Waals surface area contributed by atoms with Crippen LogP contribution in [0, 0.1) is 6.92 Å². The number of hydrogen-bond acceptors (Lipinski definition) is 4. The molecule has 1 aromatic heterocycles. The molecular weight excluding hydrogens is 298 g/mol. The van der Waals surface area contributed by atoms with Crippen LogP contribution in [-0.2, 0) is 9.53 Å². The lowest BCUT2D eigenvalue weighted by atomic mass is 10.2. The van der Waals surface area contributed by atoms with Crippen molar-refractivity contribution < 1.29 is 9.53 Å². The quantitative estimate of drug-likeness (QED) is 0.888. The topological polar surface area (TPSA) is 77.2 Å². The maximum absolute atomic E-state index is 11.9. The number of carbonyl (C=O) groups is 1. The van der Waals surface area contributed by atoms with Gasteiger partial charge in [0.2, 0.25) is 0 Å². The summed E-state index contributed by atoms with van der Waals surface area (Å²) < 4.78 is 6.44. The van der Waals surface area contributed by atoms with E-state index in [1.54, 1.807) is 6.07 Å². The van der Waals surface area contributed by atoms with Gasteiger partial charge in [0.15, 0.2) is 0 Å². The van der Waals surface area contributed by atoms with Crippen molar-refractivity contribution in [3.05, 3.63) is 22.3 Å². The zero-order valence-corrected chi connectivity index (χ0v) is 11.7. The number of pyridine rings is 1. The molecule has 0 spiro atoms. The van der Waals surface area contributed by atoms with E-state index in [1.165, 1.54) is 0 Å². The minimum absolute atomic E-state index is 0.000336. The van der Waals surface area contributed by atoms with Crippen molar-refractivity contribution in [1.29, 1.82) is 0 Å².